The summed E-state index contributed by atoms with van der Waals surface area (Å²) >= 11 is 0. The van der Waals surface area contributed by atoms with E-state index >= 15 is 0 Å². The van der Waals surface area contributed by atoms with Gasteiger partial charge in [0.15, 0.2) is 0 Å². The van der Waals surface area contributed by atoms with Crippen LogP contribution in [0, 0.1) is 5.92 Å². The third kappa shape index (κ3) is 3.84. The van der Waals surface area contributed by atoms with Gasteiger partial charge in [-0.05, 0) is 18.9 Å². The van der Waals surface area contributed by atoms with Crippen LogP contribution in [-0.2, 0) is 13.1 Å². The third-order valence-electron chi connectivity index (χ3n) is 3.86. The average Bonchev–Trinajstić information content (AvgIpc) is 2.82. The molecule has 1 aliphatic rings. The lowest BCUT2D eigenvalue weighted by Gasteiger charge is -2.21. The molecule has 0 aliphatic heterocycles. The van der Waals surface area contributed by atoms with Crippen molar-refractivity contribution < 1.29 is 0 Å². The van der Waals surface area contributed by atoms with Crippen LogP contribution in [0.5, 0.6) is 0 Å². The van der Waals surface area contributed by atoms with Crippen LogP contribution in [0.15, 0.2) is 12.5 Å². The molecule has 0 aromatic carbocycles. The number of aromatic nitrogens is 2. The Kier molecular flexibility index (Phi) is 5.05. The third-order valence-corrected chi connectivity index (χ3v) is 3.86. The van der Waals surface area contributed by atoms with Gasteiger partial charge in [-0.1, -0.05) is 39.0 Å². The van der Waals surface area contributed by atoms with Gasteiger partial charge in [0, 0.05) is 19.3 Å². The smallest absolute Gasteiger partial charge is 0.0948 e. The first-order valence-corrected chi connectivity index (χ1v) is 7.10. The summed E-state index contributed by atoms with van der Waals surface area (Å²) in [5.74, 6) is 0.957. The number of imidazole rings is 1. The van der Waals surface area contributed by atoms with Crippen LogP contribution in [0.25, 0.3) is 0 Å². The number of rotatable bonds is 6. The van der Waals surface area contributed by atoms with Crippen LogP contribution in [0.4, 0.5) is 0 Å². The summed E-state index contributed by atoms with van der Waals surface area (Å²) in [7, 11) is 0. The van der Waals surface area contributed by atoms with Crippen molar-refractivity contribution in [3.8, 4) is 0 Å². The molecule has 1 heterocycles. The standard InChI is InChI=1S/C14H25N3/c1-2-15-10-14-11-16-12-17(14)9-8-13-6-4-3-5-7-13/h11-13,15H,2-10H2,1H3. The van der Waals surface area contributed by atoms with Crippen LogP contribution in [0.2, 0.25) is 0 Å². The molecule has 0 saturated heterocycles. The number of nitrogens with one attached hydrogen (secondary N) is 1. The molecule has 1 aromatic rings. The topological polar surface area (TPSA) is 29.9 Å². The van der Waals surface area contributed by atoms with Crippen LogP contribution < -0.4 is 5.32 Å². The molecule has 1 aliphatic carbocycles. The molecule has 2 rings (SSSR count). The first-order valence-electron chi connectivity index (χ1n) is 7.10. The highest BCUT2D eigenvalue weighted by Gasteiger charge is 2.13. The maximum Gasteiger partial charge on any atom is 0.0948 e. The van der Waals surface area contributed by atoms with Gasteiger partial charge in [-0.2, -0.15) is 0 Å². The molecule has 1 fully saturated rings. The predicted molar refractivity (Wildman–Crippen MR) is 70.8 cm³/mol. The number of nitrogens with zero attached hydrogens (tertiary/aromatic N) is 2. The summed E-state index contributed by atoms with van der Waals surface area (Å²) in [4.78, 5) is 4.26. The molecule has 3 nitrogen and oxygen atoms in total. The van der Waals surface area contributed by atoms with E-state index in [0.717, 1.165) is 25.6 Å². The lowest BCUT2D eigenvalue weighted by Crippen LogP contribution is -2.16. The molecule has 1 aromatic heterocycles. The number of aryl methyl sites for hydroxylation is 1. The summed E-state index contributed by atoms with van der Waals surface area (Å²) in [6.45, 7) is 5.25. The Morgan fingerprint density at radius 1 is 1.35 bits per heavy atom. The van der Waals surface area contributed by atoms with E-state index in [1.807, 2.05) is 12.5 Å². The first-order chi connectivity index (χ1) is 8.40. The van der Waals surface area contributed by atoms with Crippen molar-refractivity contribution in [2.24, 2.45) is 5.92 Å². The van der Waals surface area contributed by atoms with Gasteiger partial charge in [0.2, 0.25) is 0 Å². The molecule has 0 unspecified atom stereocenters. The minimum atomic E-state index is 0.946. The zero-order chi connectivity index (χ0) is 11.9. The molecule has 0 bridgehead atoms. The van der Waals surface area contributed by atoms with Crippen molar-refractivity contribution in [1.29, 1.82) is 0 Å². The largest absolute Gasteiger partial charge is 0.333 e. The lowest BCUT2D eigenvalue weighted by molar-refractivity contribution is 0.322. The summed E-state index contributed by atoms with van der Waals surface area (Å²) in [6.07, 6.45) is 12.5. The van der Waals surface area contributed by atoms with Crippen molar-refractivity contribution in [1.82, 2.24) is 14.9 Å². The Hall–Kier alpha value is -0.830. The molecule has 96 valence electrons. The highest BCUT2D eigenvalue weighted by Crippen LogP contribution is 2.26. The van der Waals surface area contributed by atoms with Crippen molar-refractivity contribution in [3.63, 3.8) is 0 Å². The van der Waals surface area contributed by atoms with E-state index in [1.165, 1.54) is 44.2 Å². The fraction of sp³-hybridized carbons (Fsp3) is 0.786. The Balaban J connectivity index is 1.79. The second-order valence-electron chi connectivity index (χ2n) is 5.15. The fourth-order valence-corrected chi connectivity index (χ4v) is 2.75. The van der Waals surface area contributed by atoms with Gasteiger partial charge >= 0.3 is 0 Å². The Labute approximate surface area is 105 Å². The van der Waals surface area contributed by atoms with E-state index in [2.05, 4.69) is 21.8 Å². The lowest BCUT2D eigenvalue weighted by atomic mass is 9.87. The Morgan fingerprint density at radius 2 is 2.18 bits per heavy atom. The molecule has 1 N–H and O–H groups in total. The zero-order valence-corrected chi connectivity index (χ0v) is 11.0. The van der Waals surface area contributed by atoms with Crippen LogP contribution in [-0.4, -0.2) is 16.1 Å². The summed E-state index contributed by atoms with van der Waals surface area (Å²) in [5, 5.41) is 3.37. The molecule has 0 atom stereocenters. The quantitative estimate of drug-likeness (QED) is 0.821. The molecular weight excluding hydrogens is 210 g/mol. The minimum Gasteiger partial charge on any atom is -0.333 e. The first kappa shape index (κ1) is 12.6. The van der Waals surface area contributed by atoms with Gasteiger partial charge in [-0.25, -0.2) is 4.98 Å². The van der Waals surface area contributed by atoms with Crippen molar-refractivity contribution in [3.05, 3.63) is 18.2 Å². The molecule has 0 radical (unpaired) electrons. The summed E-state index contributed by atoms with van der Waals surface area (Å²) < 4.78 is 2.32. The van der Waals surface area contributed by atoms with Gasteiger partial charge < -0.3 is 9.88 Å². The van der Waals surface area contributed by atoms with Crippen LogP contribution in [0.1, 0.15) is 51.1 Å². The molecule has 3 heteroatoms. The SMILES string of the molecule is CCNCc1cncn1CCC1CCCCC1. The molecule has 1 saturated carbocycles. The molecule has 17 heavy (non-hydrogen) atoms. The summed E-state index contributed by atoms with van der Waals surface area (Å²) in [5.41, 5.74) is 1.32. The van der Waals surface area contributed by atoms with Crippen molar-refractivity contribution in [2.45, 2.75) is 58.5 Å². The highest BCUT2D eigenvalue weighted by atomic mass is 15.1. The normalized spacial score (nSPS) is 17.5. The van der Waals surface area contributed by atoms with Gasteiger partial charge in [-0.3, -0.25) is 0 Å². The molecule has 0 spiro atoms. The van der Waals surface area contributed by atoms with E-state index in [0.29, 0.717) is 0 Å². The highest BCUT2D eigenvalue weighted by molar-refractivity contribution is 4.97. The summed E-state index contributed by atoms with van der Waals surface area (Å²) in [6, 6.07) is 0. The van der Waals surface area contributed by atoms with E-state index in [-0.39, 0.29) is 0 Å². The fourth-order valence-electron chi connectivity index (χ4n) is 2.75. The van der Waals surface area contributed by atoms with Crippen molar-refractivity contribution in [2.75, 3.05) is 6.54 Å². The number of hydrogen-bond acceptors (Lipinski definition) is 2. The maximum atomic E-state index is 4.26. The van der Waals surface area contributed by atoms with Gasteiger partial charge in [0.25, 0.3) is 0 Å². The second-order valence-corrected chi connectivity index (χ2v) is 5.15. The van der Waals surface area contributed by atoms with E-state index < -0.39 is 0 Å². The average molecular weight is 235 g/mol. The maximum absolute atomic E-state index is 4.26. The van der Waals surface area contributed by atoms with Gasteiger partial charge in [-0.15, -0.1) is 0 Å². The van der Waals surface area contributed by atoms with E-state index in [9.17, 15) is 0 Å². The van der Waals surface area contributed by atoms with Crippen LogP contribution >= 0.6 is 0 Å². The molecular formula is C14H25N3. The molecule has 0 amide bonds. The van der Waals surface area contributed by atoms with E-state index in [1.54, 1.807) is 0 Å². The number of hydrogen-bond donors (Lipinski definition) is 1. The predicted octanol–water partition coefficient (Wildman–Crippen LogP) is 2.96. The Bertz CT molecular complexity index is 313. The van der Waals surface area contributed by atoms with Gasteiger partial charge in [0.1, 0.15) is 0 Å². The van der Waals surface area contributed by atoms with E-state index in [4.69, 9.17) is 0 Å². The van der Waals surface area contributed by atoms with Gasteiger partial charge in [0.05, 0.1) is 12.0 Å². The van der Waals surface area contributed by atoms with Crippen LogP contribution in [0.3, 0.4) is 0 Å². The van der Waals surface area contributed by atoms with Crippen molar-refractivity contribution >= 4 is 0 Å². The Morgan fingerprint density at radius 3 is 2.94 bits per heavy atom. The zero-order valence-electron chi connectivity index (χ0n) is 11.0. The monoisotopic (exact) mass is 235 g/mol. The minimum absolute atomic E-state index is 0.946. The second kappa shape index (κ2) is 6.80.